The highest BCUT2D eigenvalue weighted by Gasteiger charge is 2.19. The lowest BCUT2D eigenvalue weighted by Crippen LogP contribution is -2.22. The zero-order valence-electron chi connectivity index (χ0n) is 8.70. The molecule has 0 radical (unpaired) electrons. The van der Waals surface area contributed by atoms with Crippen LogP contribution < -0.4 is 5.73 Å². The molecule has 1 atom stereocenters. The molecule has 0 amide bonds. The summed E-state index contributed by atoms with van der Waals surface area (Å²) in [6, 6.07) is 2.84. The predicted molar refractivity (Wildman–Crippen MR) is 61.4 cm³/mol. The van der Waals surface area contributed by atoms with Crippen LogP contribution in [0, 0.1) is 0 Å². The molecule has 1 saturated heterocycles. The predicted octanol–water partition coefficient (Wildman–Crippen LogP) is 2.36. The molecule has 1 fully saturated rings. The SMILES string of the molecule is CC(c1csc(CN)c1)N1CCCC1. The summed E-state index contributed by atoms with van der Waals surface area (Å²) < 4.78 is 0. The molecule has 1 unspecified atom stereocenters. The summed E-state index contributed by atoms with van der Waals surface area (Å²) in [6.07, 6.45) is 2.72. The highest BCUT2D eigenvalue weighted by molar-refractivity contribution is 7.10. The van der Waals surface area contributed by atoms with Crippen molar-refractivity contribution in [3.05, 3.63) is 21.9 Å². The van der Waals surface area contributed by atoms with Gasteiger partial charge in [-0.25, -0.2) is 0 Å². The highest BCUT2D eigenvalue weighted by atomic mass is 32.1. The minimum atomic E-state index is 0.578. The van der Waals surface area contributed by atoms with Crippen LogP contribution in [0.25, 0.3) is 0 Å². The van der Waals surface area contributed by atoms with Crippen molar-refractivity contribution in [3.8, 4) is 0 Å². The Kier molecular flexibility index (Phi) is 3.21. The Morgan fingerprint density at radius 1 is 1.50 bits per heavy atom. The van der Waals surface area contributed by atoms with E-state index in [0.29, 0.717) is 12.6 Å². The summed E-state index contributed by atoms with van der Waals surface area (Å²) in [4.78, 5) is 3.86. The number of likely N-dealkylation sites (tertiary alicyclic amines) is 1. The first-order chi connectivity index (χ1) is 6.81. The Morgan fingerprint density at radius 2 is 2.21 bits per heavy atom. The average molecular weight is 210 g/mol. The molecule has 2 rings (SSSR count). The normalized spacial score (nSPS) is 20.1. The molecular formula is C11H18N2S. The van der Waals surface area contributed by atoms with Gasteiger partial charge in [0.1, 0.15) is 0 Å². The average Bonchev–Trinajstić information content (AvgIpc) is 2.88. The minimum Gasteiger partial charge on any atom is -0.326 e. The van der Waals surface area contributed by atoms with E-state index in [4.69, 9.17) is 5.73 Å². The van der Waals surface area contributed by atoms with Gasteiger partial charge in [0.15, 0.2) is 0 Å². The minimum absolute atomic E-state index is 0.578. The fraction of sp³-hybridized carbons (Fsp3) is 0.636. The van der Waals surface area contributed by atoms with E-state index in [9.17, 15) is 0 Å². The molecule has 1 aliphatic rings. The van der Waals surface area contributed by atoms with Gasteiger partial charge >= 0.3 is 0 Å². The van der Waals surface area contributed by atoms with Crippen LogP contribution in [-0.2, 0) is 6.54 Å². The van der Waals surface area contributed by atoms with Gasteiger partial charge in [0.05, 0.1) is 0 Å². The molecule has 1 aromatic heterocycles. The van der Waals surface area contributed by atoms with Gasteiger partial charge in [-0.05, 0) is 49.9 Å². The summed E-state index contributed by atoms with van der Waals surface area (Å²) in [5.74, 6) is 0. The van der Waals surface area contributed by atoms with Crippen LogP contribution in [0.15, 0.2) is 11.4 Å². The maximum atomic E-state index is 5.61. The Bertz CT molecular complexity index is 289. The van der Waals surface area contributed by atoms with Gasteiger partial charge in [-0.15, -0.1) is 11.3 Å². The molecule has 0 bridgehead atoms. The molecule has 2 N–H and O–H groups in total. The number of rotatable bonds is 3. The maximum absolute atomic E-state index is 5.61. The number of hydrogen-bond donors (Lipinski definition) is 1. The Morgan fingerprint density at radius 3 is 2.79 bits per heavy atom. The van der Waals surface area contributed by atoms with Gasteiger partial charge in [-0.1, -0.05) is 0 Å². The van der Waals surface area contributed by atoms with Crippen molar-refractivity contribution in [2.45, 2.75) is 32.4 Å². The first-order valence-electron chi connectivity index (χ1n) is 5.32. The third kappa shape index (κ3) is 2.00. The van der Waals surface area contributed by atoms with E-state index in [1.165, 1.54) is 36.4 Å². The number of thiophene rings is 1. The largest absolute Gasteiger partial charge is 0.326 e. The fourth-order valence-corrected chi connectivity index (χ4v) is 2.92. The van der Waals surface area contributed by atoms with Crippen LogP contribution in [0.4, 0.5) is 0 Å². The highest BCUT2D eigenvalue weighted by Crippen LogP contribution is 2.27. The second kappa shape index (κ2) is 4.43. The van der Waals surface area contributed by atoms with Crippen molar-refractivity contribution in [1.82, 2.24) is 4.90 Å². The molecule has 2 heterocycles. The van der Waals surface area contributed by atoms with E-state index in [1.807, 2.05) is 0 Å². The van der Waals surface area contributed by atoms with Gasteiger partial charge in [0.2, 0.25) is 0 Å². The van der Waals surface area contributed by atoms with Crippen molar-refractivity contribution in [2.24, 2.45) is 5.73 Å². The lowest BCUT2D eigenvalue weighted by Gasteiger charge is -2.22. The molecule has 1 aromatic rings. The Labute approximate surface area is 89.7 Å². The quantitative estimate of drug-likeness (QED) is 0.830. The molecular weight excluding hydrogens is 192 g/mol. The van der Waals surface area contributed by atoms with Crippen LogP contribution in [-0.4, -0.2) is 18.0 Å². The van der Waals surface area contributed by atoms with Crippen molar-refractivity contribution < 1.29 is 0 Å². The molecule has 3 heteroatoms. The molecule has 0 aliphatic carbocycles. The number of hydrogen-bond acceptors (Lipinski definition) is 3. The monoisotopic (exact) mass is 210 g/mol. The summed E-state index contributed by atoms with van der Waals surface area (Å²) in [5, 5.41) is 2.26. The summed E-state index contributed by atoms with van der Waals surface area (Å²) in [5.41, 5.74) is 7.06. The maximum Gasteiger partial charge on any atom is 0.0328 e. The van der Waals surface area contributed by atoms with Gasteiger partial charge in [0.25, 0.3) is 0 Å². The third-order valence-electron chi connectivity index (χ3n) is 3.05. The number of nitrogens with zero attached hydrogens (tertiary/aromatic N) is 1. The summed E-state index contributed by atoms with van der Waals surface area (Å²) >= 11 is 1.78. The Hall–Kier alpha value is -0.380. The van der Waals surface area contributed by atoms with E-state index in [2.05, 4.69) is 23.3 Å². The van der Waals surface area contributed by atoms with Crippen molar-refractivity contribution in [2.75, 3.05) is 13.1 Å². The Balaban J connectivity index is 2.05. The molecule has 78 valence electrons. The van der Waals surface area contributed by atoms with E-state index < -0.39 is 0 Å². The van der Waals surface area contributed by atoms with Crippen molar-refractivity contribution in [3.63, 3.8) is 0 Å². The standard InChI is InChI=1S/C11H18N2S/c1-9(13-4-2-3-5-13)10-6-11(7-12)14-8-10/h6,8-9H,2-5,7,12H2,1H3. The van der Waals surface area contributed by atoms with Gasteiger partial charge < -0.3 is 5.73 Å². The van der Waals surface area contributed by atoms with Crippen LogP contribution >= 0.6 is 11.3 Å². The van der Waals surface area contributed by atoms with Crippen molar-refractivity contribution in [1.29, 1.82) is 0 Å². The zero-order valence-corrected chi connectivity index (χ0v) is 9.52. The molecule has 0 saturated carbocycles. The van der Waals surface area contributed by atoms with Gasteiger partial charge in [-0.2, -0.15) is 0 Å². The van der Waals surface area contributed by atoms with Crippen LogP contribution in [0.2, 0.25) is 0 Å². The second-order valence-electron chi connectivity index (χ2n) is 3.97. The van der Waals surface area contributed by atoms with Crippen LogP contribution in [0.1, 0.15) is 36.2 Å². The number of nitrogens with two attached hydrogens (primary N) is 1. The molecule has 0 aromatic carbocycles. The topological polar surface area (TPSA) is 29.3 Å². The molecule has 14 heavy (non-hydrogen) atoms. The lowest BCUT2D eigenvalue weighted by molar-refractivity contribution is 0.263. The molecule has 2 nitrogen and oxygen atoms in total. The van der Waals surface area contributed by atoms with Crippen molar-refractivity contribution >= 4 is 11.3 Å². The summed E-state index contributed by atoms with van der Waals surface area (Å²) in [6.45, 7) is 5.50. The van der Waals surface area contributed by atoms with Crippen LogP contribution in [0.3, 0.4) is 0 Å². The smallest absolute Gasteiger partial charge is 0.0328 e. The van der Waals surface area contributed by atoms with E-state index in [1.54, 1.807) is 11.3 Å². The lowest BCUT2D eigenvalue weighted by atomic mass is 10.1. The first-order valence-corrected chi connectivity index (χ1v) is 6.20. The van der Waals surface area contributed by atoms with E-state index in [0.717, 1.165) is 0 Å². The molecule has 1 aliphatic heterocycles. The first kappa shape index (κ1) is 10.1. The zero-order chi connectivity index (χ0) is 9.97. The van der Waals surface area contributed by atoms with E-state index in [-0.39, 0.29) is 0 Å². The summed E-state index contributed by atoms with van der Waals surface area (Å²) in [7, 11) is 0. The fourth-order valence-electron chi connectivity index (χ4n) is 2.06. The van der Waals surface area contributed by atoms with Gasteiger partial charge in [-0.3, -0.25) is 4.90 Å². The van der Waals surface area contributed by atoms with E-state index >= 15 is 0 Å². The van der Waals surface area contributed by atoms with Crippen LogP contribution in [0.5, 0.6) is 0 Å². The molecule has 0 spiro atoms. The second-order valence-corrected chi connectivity index (χ2v) is 4.97. The van der Waals surface area contributed by atoms with Gasteiger partial charge in [0, 0.05) is 17.5 Å². The third-order valence-corrected chi connectivity index (χ3v) is 4.02.